The highest BCUT2D eigenvalue weighted by Crippen LogP contribution is 2.12. The molecule has 6 heteroatoms. The second-order valence-corrected chi connectivity index (χ2v) is 3.55. The number of carbonyl (C=O) groups is 2. The van der Waals surface area contributed by atoms with Crippen molar-refractivity contribution in [1.82, 2.24) is 5.32 Å². The number of hydrogen-bond acceptors (Lipinski definition) is 4. The molecule has 0 aromatic rings. The second kappa shape index (κ2) is 6.97. The summed E-state index contributed by atoms with van der Waals surface area (Å²) < 4.78 is 0. The number of allylic oxidation sites excluding steroid dienone is 1. The first-order chi connectivity index (χ1) is 7.40. The zero-order valence-corrected chi connectivity index (χ0v) is 9.25. The molecule has 92 valence electrons. The van der Waals surface area contributed by atoms with Gasteiger partial charge >= 0.3 is 11.9 Å². The van der Waals surface area contributed by atoms with E-state index >= 15 is 0 Å². The smallest absolute Gasteiger partial charge is 0.327 e. The number of aliphatic hydroxyl groups excluding tert-OH is 1. The molecule has 0 spiro atoms. The maximum Gasteiger partial charge on any atom is 0.327 e. The molecule has 0 heterocycles. The highest BCUT2D eigenvalue weighted by atomic mass is 16.4. The maximum absolute atomic E-state index is 10.7. The highest BCUT2D eigenvalue weighted by molar-refractivity contribution is 5.79. The van der Waals surface area contributed by atoms with Crippen LogP contribution >= 0.6 is 0 Å². The molecule has 0 aliphatic rings. The second-order valence-electron chi connectivity index (χ2n) is 3.55. The van der Waals surface area contributed by atoms with Crippen LogP contribution in [0.5, 0.6) is 0 Å². The fourth-order valence-electron chi connectivity index (χ4n) is 1.29. The van der Waals surface area contributed by atoms with E-state index in [2.05, 4.69) is 5.32 Å². The first-order valence-corrected chi connectivity index (χ1v) is 4.87. The van der Waals surface area contributed by atoms with Crippen LogP contribution < -0.4 is 5.32 Å². The van der Waals surface area contributed by atoms with Gasteiger partial charge in [-0.3, -0.25) is 4.79 Å². The molecule has 3 atom stereocenters. The van der Waals surface area contributed by atoms with Crippen LogP contribution in [0, 0.1) is 5.92 Å². The number of rotatable bonds is 7. The van der Waals surface area contributed by atoms with E-state index in [1.54, 1.807) is 6.92 Å². The van der Waals surface area contributed by atoms with Crippen molar-refractivity contribution in [3.8, 4) is 0 Å². The summed E-state index contributed by atoms with van der Waals surface area (Å²) >= 11 is 0. The van der Waals surface area contributed by atoms with Crippen molar-refractivity contribution in [2.24, 2.45) is 5.92 Å². The van der Waals surface area contributed by atoms with Crippen LogP contribution in [0.25, 0.3) is 0 Å². The number of aliphatic hydroxyl groups is 1. The van der Waals surface area contributed by atoms with E-state index in [0.717, 1.165) is 6.08 Å². The van der Waals surface area contributed by atoms with Gasteiger partial charge in [0.1, 0.15) is 6.04 Å². The summed E-state index contributed by atoms with van der Waals surface area (Å²) in [7, 11) is 1.45. The van der Waals surface area contributed by atoms with Crippen molar-refractivity contribution in [3.05, 3.63) is 12.2 Å². The Labute approximate surface area is 93.6 Å². The number of hydrogen-bond donors (Lipinski definition) is 4. The first kappa shape index (κ1) is 14.6. The molecule has 0 saturated heterocycles. The minimum atomic E-state index is -1.14. The lowest BCUT2D eigenvalue weighted by atomic mass is 9.94. The molecule has 0 fully saturated rings. The van der Waals surface area contributed by atoms with Gasteiger partial charge in [0.15, 0.2) is 0 Å². The lowest BCUT2D eigenvalue weighted by Crippen LogP contribution is -2.47. The fraction of sp³-hybridized carbons (Fsp3) is 0.600. The largest absolute Gasteiger partial charge is 0.480 e. The SMILES string of the molecule is CN[C@H](C(=O)O)[C@H](O)[C@H](C)CC=CC(=O)O. The van der Waals surface area contributed by atoms with E-state index in [-0.39, 0.29) is 5.92 Å². The average Bonchev–Trinajstić information content (AvgIpc) is 2.17. The number of likely N-dealkylation sites (N-methyl/N-ethyl adjacent to an activating group) is 1. The van der Waals surface area contributed by atoms with Gasteiger partial charge in [-0.15, -0.1) is 0 Å². The summed E-state index contributed by atoms with van der Waals surface area (Å²) in [5, 5.41) is 29.3. The van der Waals surface area contributed by atoms with Crippen molar-refractivity contribution >= 4 is 11.9 Å². The van der Waals surface area contributed by atoms with E-state index in [1.165, 1.54) is 13.1 Å². The van der Waals surface area contributed by atoms with Crippen LogP contribution in [0.3, 0.4) is 0 Å². The molecule has 0 aliphatic heterocycles. The van der Waals surface area contributed by atoms with Crippen molar-refractivity contribution in [2.75, 3.05) is 7.05 Å². The van der Waals surface area contributed by atoms with Crippen molar-refractivity contribution in [1.29, 1.82) is 0 Å². The van der Waals surface area contributed by atoms with Crippen molar-refractivity contribution < 1.29 is 24.9 Å². The van der Waals surface area contributed by atoms with Crippen LogP contribution in [0.2, 0.25) is 0 Å². The molecule has 0 saturated carbocycles. The number of carboxylic acid groups (broad SMARTS) is 2. The first-order valence-electron chi connectivity index (χ1n) is 4.87. The Balaban J connectivity index is 4.31. The van der Waals surface area contributed by atoms with Gasteiger partial charge in [0.05, 0.1) is 6.10 Å². The molecule has 16 heavy (non-hydrogen) atoms. The third-order valence-corrected chi connectivity index (χ3v) is 2.27. The quantitative estimate of drug-likeness (QED) is 0.448. The number of aliphatic carboxylic acids is 2. The standard InChI is InChI=1S/C10H17NO5/c1-6(4-3-5-7(12)13)9(14)8(11-2)10(15)16/h3,5-6,8-9,11,14H,4H2,1-2H3,(H,12,13)(H,15,16)/t6-,8+,9-/m1/s1. The third-order valence-electron chi connectivity index (χ3n) is 2.27. The van der Waals surface area contributed by atoms with Gasteiger partial charge in [0.25, 0.3) is 0 Å². The molecule has 0 rings (SSSR count). The van der Waals surface area contributed by atoms with Gasteiger partial charge in [0, 0.05) is 6.08 Å². The van der Waals surface area contributed by atoms with E-state index < -0.39 is 24.1 Å². The van der Waals surface area contributed by atoms with Gasteiger partial charge in [-0.2, -0.15) is 0 Å². The minimum Gasteiger partial charge on any atom is -0.480 e. The van der Waals surface area contributed by atoms with Gasteiger partial charge in [-0.1, -0.05) is 13.0 Å². The Bertz CT molecular complexity index is 276. The summed E-state index contributed by atoms with van der Waals surface area (Å²) in [5.74, 6) is -2.54. The summed E-state index contributed by atoms with van der Waals surface area (Å²) in [6.45, 7) is 1.66. The average molecular weight is 231 g/mol. The predicted molar refractivity (Wildman–Crippen MR) is 57.0 cm³/mol. The van der Waals surface area contributed by atoms with Gasteiger partial charge in [-0.25, -0.2) is 4.79 Å². The molecule has 6 nitrogen and oxygen atoms in total. The minimum absolute atomic E-state index is 0.304. The summed E-state index contributed by atoms with van der Waals surface area (Å²) in [6, 6.07) is -1.05. The zero-order chi connectivity index (χ0) is 12.7. The molecule has 0 aliphatic carbocycles. The topological polar surface area (TPSA) is 107 Å². The Morgan fingerprint density at radius 2 is 1.94 bits per heavy atom. The van der Waals surface area contributed by atoms with Crippen LogP contribution in [-0.4, -0.2) is 46.5 Å². The van der Waals surface area contributed by atoms with Crippen LogP contribution in [-0.2, 0) is 9.59 Å². The molecule has 0 radical (unpaired) electrons. The predicted octanol–water partition coefficient (Wildman–Crippen LogP) is -0.313. The molecule has 0 unspecified atom stereocenters. The maximum atomic E-state index is 10.7. The van der Waals surface area contributed by atoms with E-state index in [9.17, 15) is 14.7 Å². The normalized spacial score (nSPS) is 16.9. The molecule has 0 aromatic heterocycles. The summed E-state index contributed by atoms with van der Waals surface area (Å²) in [4.78, 5) is 20.9. The molecule has 0 aromatic carbocycles. The summed E-state index contributed by atoms with van der Waals surface area (Å²) in [6.07, 6.45) is 1.60. The highest BCUT2D eigenvalue weighted by Gasteiger charge is 2.28. The van der Waals surface area contributed by atoms with Crippen molar-refractivity contribution in [2.45, 2.75) is 25.5 Å². The van der Waals surface area contributed by atoms with Crippen molar-refractivity contribution in [3.63, 3.8) is 0 Å². The van der Waals surface area contributed by atoms with Crippen LogP contribution in [0.15, 0.2) is 12.2 Å². The zero-order valence-electron chi connectivity index (χ0n) is 9.25. The van der Waals surface area contributed by atoms with E-state index in [1.807, 2.05) is 0 Å². The fourth-order valence-corrected chi connectivity index (χ4v) is 1.29. The lowest BCUT2D eigenvalue weighted by molar-refractivity contribution is -0.143. The monoisotopic (exact) mass is 231 g/mol. The molecular formula is C10H17NO5. The number of carboxylic acids is 2. The number of nitrogens with one attached hydrogen (secondary N) is 1. The van der Waals surface area contributed by atoms with Crippen LogP contribution in [0.4, 0.5) is 0 Å². The Hall–Kier alpha value is -1.40. The third kappa shape index (κ3) is 4.90. The molecule has 0 amide bonds. The Kier molecular flexibility index (Phi) is 6.36. The van der Waals surface area contributed by atoms with E-state index in [0.29, 0.717) is 6.42 Å². The molecular weight excluding hydrogens is 214 g/mol. The van der Waals surface area contributed by atoms with Crippen LogP contribution in [0.1, 0.15) is 13.3 Å². The Morgan fingerprint density at radius 1 is 1.38 bits per heavy atom. The van der Waals surface area contributed by atoms with Gasteiger partial charge in [0.2, 0.25) is 0 Å². The summed E-state index contributed by atoms with van der Waals surface area (Å²) in [5.41, 5.74) is 0. The molecule has 0 bridgehead atoms. The van der Waals surface area contributed by atoms with E-state index in [4.69, 9.17) is 10.2 Å². The van der Waals surface area contributed by atoms with Gasteiger partial charge < -0.3 is 20.6 Å². The lowest BCUT2D eigenvalue weighted by Gasteiger charge is -2.23. The van der Waals surface area contributed by atoms with Gasteiger partial charge in [-0.05, 0) is 19.4 Å². The Morgan fingerprint density at radius 3 is 2.31 bits per heavy atom. The molecule has 4 N–H and O–H groups in total.